The topological polar surface area (TPSA) is 59.5 Å². The molecule has 5 nitrogen and oxygen atoms in total. The molecular formula is C19H22N2O3. The Bertz CT molecular complexity index is 776. The summed E-state index contributed by atoms with van der Waals surface area (Å²) in [6.07, 6.45) is 4.20. The summed E-state index contributed by atoms with van der Waals surface area (Å²) in [7, 11) is 0. The van der Waals surface area contributed by atoms with Crippen molar-refractivity contribution in [1.82, 2.24) is 9.88 Å². The predicted octanol–water partition coefficient (Wildman–Crippen LogP) is 3.95. The van der Waals surface area contributed by atoms with Gasteiger partial charge in [0, 0.05) is 23.2 Å². The molecule has 1 heterocycles. The minimum absolute atomic E-state index is 0.207. The summed E-state index contributed by atoms with van der Waals surface area (Å²) < 4.78 is 5.54. The molecule has 1 aliphatic carbocycles. The van der Waals surface area contributed by atoms with Crippen LogP contribution < -0.4 is 0 Å². The maximum Gasteiger partial charge on any atom is 0.410 e. The van der Waals surface area contributed by atoms with E-state index in [1.807, 2.05) is 45.0 Å². The minimum atomic E-state index is -0.533. The van der Waals surface area contributed by atoms with Crippen molar-refractivity contribution in [3.05, 3.63) is 41.6 Å². The van der Waals surface area contributed by atoms with E-state index in [0.717, 1.165) is 35.6 Å². The molecule has 1 aromatic heterocycles. The van der Waals surface area contributed by atoms with Gasteiger partial charge in [-0.3, -0.25) is 9.78 Å². The van der Waals surface area contributed by atoms with Crippen molar-refractivity contribution in [2.75, 3.05) is 0 Å². The van der Waals surface area contributed by atoms with Gasteiger partial charge >= 0.3 is 6.09 Å². The van der Waals surface area contributed by atoms with Gasteiger partial charge in [0.25, 0.3) is 0 Å². The maximum atomic E-state index is 12.5. The first-order valence-electron chi connectivity index (χ1n) is 8.20. The SMILES string of the molecule is CC(C)(C)OC(=O)N(Cc1cc(C=O)cc2cccnc12)C1CC1. The average Bonchev–Trinajstić information content (AvgIpc) is 3.35. The van der Waals surface area contributed by atoms with Crippen molar-refractivity contribution >= 4 is 23.3 Å². The number of ether oxygens (including phenoxy) is 1. The van der Waals surface area contributed by atoms with E-state index in [9.17, 15) is 9.59 Å². The van der Waals surface area contributed by atoms with E-state index in [0.29, 0.717) is 12.1 Å². The number of aromatic nitrogens is 1. The van der Waals surface area contributed by atoms with Crippen molar-refractivity contribution in [3.8, 4) is 0 Å². The molecule has 0 saturated heterocycles. The lowest BCUT2D eigenvalue weighted by molar-refractivity contribution is 0.0217. The Labute approximate surface area is 141 Å². The van der Waals surface area contributed by atoms with E-state index in [2.05, 4.69) is 4.98 Å². The lowest BCUT2D eigenvalue weighted by Gasteiger charge is -2.27. The first-order valence-corrected chi connectivity index (χ1v) is 8.20. The largest absolute Gasteiger partial charge is 0.444 e. The zero-order valence-corrected chi connectivity index (χ0v) is 14.3. The van der Waals surface area contributed by atoms with Gasteiger partial charge in [0.05, 0.1) is 12.1 Å². The number of nitrogens with zero attached hydrogens (tertiary/aromatic N) is 2. The zero-order chi connectivity index (χ0) is 17.3. The summed E-state index contributed by atoms with van der Waals surface area (Å²) in [5.74, 6) is 0. The third-order valence-electron chi connectivity index (χ3n) is 3.90. The van der Waals surface area contributed by atoms with Crippen LogP contribution in [0.1, 0.15) is 49.5 Å². The molecule has 1 aliphatic rings. The maximum absolute atomic E-state index is 12.5. The molecule has 1 aromatic carbocycles. The fourth-order valence-electron chi connectivity index (χ4n) is 2.71. The van der Waals surface area contributed by atoms with Gasteiger partial charge in [-0.15, -0.1) is 0 Å². The number of hydrogen-bond donors (Lipinski definition) is 0. The molecule has 3 rings (SSSR count). The van der Waals surface area contributed by atoms with Crippen LogP contribution in [0.2, 0.25) is 0 Å². The number of aldehydes is 1. The summed E-state index contributed by atoms with van der Waals surface area (Å²) in [6.45, 7) is 5.98. The number of pyridine rings is 1. The molecule has 1 saturated carbocycles. The summed E-state index contributed by atoms with van der Waals surface area (Å²) in [5.41, 5.74) is 1.74. The standard InChI is InChI=1S/C19H22N2O3/c1-19(2,3)24-18(23)21(16-6-7-16)11-15-10-13(12-22)9-14-5-4-8-20-17(14)15/h4-5,8-10,12,16H,6-7,11H2,1-3H3. The molecular weight excluding hydrogens is 304 g/mol. The predicted molar refractivity (Wildman–Crippen MR) is 91.9 cm³/mol. The molecule has 2 aromatic rings. The Hall–Kier alpha value is -2.43. The van der Waals surface area contributed by atoms with Gasteiger partial charge in [-0.25, -0.2) is 4.79 Å². The molecule has 0 bridgehead atoms. The highest BCUT2D eigenvalue weighted by Gasteiger charge is 2.35. The highest BCUT2D eigenvalue weighted by molar-refractivity contribution is 5.89. The number of benzene rings is 1. The fraction of sp³-hybridized carbons (Fsp3) is 0.421. The zero-order valence-electron chi connectivity index (χ0n) is 14.3. The van der Waals surface area contributed by atoms with E-state index >= 15 is 0 Å². The summed E-state index contributed by atoms with van der Waals surface area (Å²) >= 11 is 0. The lowest BCUT2D eigenvalue weighted by atomic mass is 10.1. The van der Waals surface area contributed by atoms with E-state index in [1.54, 1.807) is 11.1 Å². The highest BCUT2D eigenvalue weighted by Crippen LogP contribution is 2.31. The van der Waals surface area contributed by atoms with Crippen LogP contribution in [0.25, 0.3) is 10.9 Å². The van der Waals surface area contributed by atoms with E-state index in [4.69, 9.17) is 4.74 Å². The molecule has 5 heteroatoms. The van der Waals surface area contributed by atoms with Crippen LogP contribution in [-0.4, -0.2) is 33.9 Å². The first-order chi connectivity index (χ1) is 11.4. The number of carbonyl (C=O) groups is 2. The van der Waals surface area contributed by atoms with Gasteiger partial charge < -0.3 is 9.64 Å². The molecule has 0 aliphatic heterocycles. The molecule has 0 unspecified atom stereocenters. The third kappa shape index (κ3) is 3.72. The van der Waals surface area contributed by atoms with Crippen molar-refractivity contribution < 1.29 is 14.3 Å². The number of fused-ring (bicyclic) bond motifs is 1. The second-order valence-electron chi connectivity index (χ2n) is 7.21. The van der Waals surface area contributed by atoms with Crippen molar-refractivity contribution in [3.63, 3.8) is 0 Å². The smallest absolute Gasteiger partial charge is 0.410 e. The Morgan fingerprint density at radius 2 is 2.12 bits per heavy atom. The highest BCUT2D eigenvalue weighted by atomic mass is 16.6. The Balaban J connectivity index is 1.94. The van der Waals surface area contributed by atoms with Crippen molar-refractivity contribution in [2.24, 2.45) is 0 Å². The van der Waals surface area contributed by atoms with Crippen LogP contribution >= 0.6 is 0 Å². The second kappa shape index (κ2) is 6.23. The summed E-state index contributed by atoms with van der Waals surface area (Å²) in [4.78, 5) is 30.0. The number of carbonyl (C=O) groups excluding carboxylic acids is 2. The monoisotopic (exact) mass is 326 g/mol. The Kier molecular flexibility index (Phi) is 4.26. The molecule has 0 radical (unpaired) electrons. The summed E-state index contributed by atoms with van der Waals surface area (Å²) in [6, 6.07) is 7.59. The number of amides is 1. The molecule has 24 heavy (non-hydrogen) atoms. The van der Waals surface area contributed by atoms with Gasteiger partial charge in [-0.2, -0.15) is 0 Å². The van der Waals surface area contributed by atoms with Gasteiger partial charge in [0.1, 0.15) is 11.9 Å². The summed E-state index contributed by atoms with van der Waals surface area (Å²) in [5, 5.41) is 0.900. The Morgan fingerprint density at radius 3 is 2.75 bits per heavy atom. The van der Waals surface area contributed by atoms with Crippen molar-refractivity contribution in [1.29, 1.82) is 0 Å². The van der Waals surface area contributed by atoms with E-state index < -0.39 is 5.60 Å². The normalized spacial score (nSPS) is 14.5. The molecule has 1 amide bonds. The molecule has 0 spiro atoms. The van der Waals surface area contributed by atoms with E-state index in [-0.39, 0.29) is 12.1 Å². The second-order valence-corrected chi connectivity index (χ2v) is 7.21. The van der Waals surface area contributed by atoms with Crippen LogP contribution in [0.15, 0.2) is 30.5 Å². The molecule has 0 N–H and O–H groups in total. The molecule has 1 fully saturated rings. The minimum Gasteiger partial charge on any atom is -0.444 e. The number of rotatable bonds is 4. The first kappa shape index (κ1) is 16.4. The van der Waals surface area contributed by atoms with Crippen LogP contribution in [0.3, 0.4) is 0 Å². The lowest BCUT2D eigenvalue weighted by Crippen LogP contribution is -2.37. The Morgan fingerprint density at radius 1 is 1.38 bits per heavy atom. The van der Waals surface area contributed by atoms with E-state index in [1.165, 1.54) is 0 Å². The van der Waals surface area contributed by atoms with Crippen LogP contribution in [0.4, 0.5) is 4.79 Å². The quantitative estimate of drug-likeness (QED) is 0.798. The van der Waals surface area contributed by atoms with Crippen molar-refractivity contribution in [2.45, 2.75) is 51.8 Å². The van der Waals surface area contributed by atoms with Crippen LogP contribution in [0.5, 0.6) is 0 Å². The molecule has 0 atom stereocenters. The average molecular weight is 326 g/mol. The van der Waals surface area contributed by atoms with Gasteiger partial charge in [-0.1, -0.05) is 6.07 Å². The van der Waals surface area contributed by atoms with Crippen LogP contribution in [0, 0.1) is 0 Å². The molecule has 126 valence electrons. The van der Waals surface area contributed by atoms with Gasteiger partial charge in [0.15, 0.2) is 0 Å². The third-order valence-corrected chi connectivity index (χ3v) is 3.90. The fourth-order valence-corrected chi connectivity index (χ4v) is 2.71. The van der Waals surface area contributed by atoms with Crippen LogP contribution in [-0.2, 0) is 11.3 Å². The van der Waals surface area contributed by atoms with Gasteiger partial charge in [-0.05, 0) is 57.4 Å². The number of hydrogen-bond acceptors (Lipinski definition) is 4. The van der Waals surface area contributed by atoms with Gasteiger partial charge in [0.2, 0.25) is 0 Å².